The van der Waals surface area contributed by atoms with Gasteiger partial charge in [0.2, 0.25) is 0 Å². The van der Waals surface area contributed by atoms with Crippen molar-refractivity contribution in [3.8, 4) is 11.8 Å². The number of ether oxygens (including phenoxy) is 2. The maximum absolute atomic E-state index is 12.5. The first-order chi connectivity index (χ1) is 13.2. The zero-order valence-corrected chi connectivity index (χ0v) is 15.7. The summed E-state index contributed by atoms with van der Waals surface area (Å²) in [6.07, 6.45) is 6.58. The molecule has 0 aliphatic heterocycles. The molecule has 0 saturated heterocycles. The molecule has 0 spiro atoms. The van der Waals surface area contributed by atoms with Crippen LogP contribution in [0.4, 0.5) is 0 Å². The molecule has 8 heteroatoms. The monoisotopic (exact) mass is 384 g/mol. The van der Waals surface area contributed by atoms with Gasteiger partial charge in [-0.05, 0) is 37.8 Å². The lowest BCUT2D eigenvalue weighted by Gasteiger charge is -2.29. The Labute approximate surface area is 160 Å². The standard InChI is InChI=1S/C19H20N4O3S/c1-25-17-18(21-11-10-20-17)26-13-8-6-12(7-9-13)22-16(24)19-23-14-4-2-3-5-15(14)27-19/h2-5,10-13H,6-9H2,1H3,(H,22,24). The Balaban J connectivity index is 1.32. The Kier molecular flexibility index (Phi) is 5.15. The summed E-state index contributed by atoms with van der Waals surface area (Å²) in [6.45, 7) is 0. The van der Waals surface area contributed by atoms with E-state index in [0.29, 0.717) is 16.8 Å². The minimum absolute atomic E-state index is 0.0474. The van der Waals surface area contributed by atoms with Crippen LogP contribution in [0.1, 0.15) is 35.5 Å². The second-order valence-corrected chi connectivity index (χ2v) is 7.45. The molecular weight excluding hydrogens is 364 g/mol. The van der Waals surface area contributed by atoms with Crippen molar-refractivity contribution in [2.75, 3.05) is 7.11 Å². The number of carbonyl (C=O) groups is 1. The number of thiazole rings is 1. The molecule has 1 N–H and O–H groups in total. The number of aromatic nitrogens is 3. The van der Waals surface area contributed by atoms with E-state index >= 15 is 0 Å². The van der Waals surface area contributed by atoms with Gasteiger partial charge < -0.3 is 14.8 Å². The molecule has 1 saturated carbocycles. The normalized spacial score (nSPS) is 19.6. The molecule has 0 unspecified atom stereocenters. The van der Waals surface area contributed by atoms with Crippen molar-refractivity contribution in [1.29, 1.82) is 0 Å². The van der Waals surface area contributed by atoms with Crippen LogP contribution in [0, 0.1) is 0 Å². The molecule has 1 fully saturated rings. The number of nitrogens with zero attached hydrogens (tertiary/aromatic N) is 3. The van der Waals surface area contributed by atoms with Crippen LogP contribution in [-0.2, 0) is 0 Å². The minimum Gasteiger partial charge on any atom is -0.477 e. The Morgan fingerprint density at radius 2 is 1.85 bits per heavy atom. The van der Waals surface area contributed by atoms with Crippen molar-refractivity contribution in [3.05, 3.63) is 41.7 Å². The summed E-state index contributed by atoms with van der Waals surface area (Å²) in [5, 5.41) is 3.62. The lowest BCUT2D eigenvalue weighted by molar-refractivity contribution is 0.0886. The summed E-state index contributed by atoms with van der Waals surface area (Å²) in [4.78, 5) is 25.2. The molecule has 4 rings (SSSR count). The van der Waals surface area contributed by atoms with Gasteiger partial charge in [0.25, 0.3) is 17.7 Å². The molecule has 27 heavy (non-hydrogen) atoms. The van der Waals surface area contributed by atoms with E-state index in [-0.39, 0.29) is 18.1 Å². The number of hydrogen-bond acceptors (Lipinski definition) is 7. The van der Waals surface area contributed by atoms with E-state index in [0.717, 1.165) is 35.9 Å². The van der Waals surface area contributed by atoms with Crippen LogP contribution < -0.4 is 14.8 Å². The number of amides is 1. The molecule has 7 nitrogen and oxygen atoms in total. The molecule has 0 radical (unpaired) electrons. The van der Waals surface area contributed by atoms with Crippen LogP contribution >= 0.6 is 11.3 Å². The summed E-state index contributed by atoms with van der Waals surface area (Å²) in [7, 11) is 1.55. The highest BCUT2D eigenvalue weighted by Crippen LogP contribution is 2.27. The third-order valence-corrected chi connectivity index (χ3v) is 5.64. The number of rotatable bonds is 5. The van der Waals surface area contributed by atoms with E-state index in [1.54, 1.807) is 19.5 Å². The number of carbonyl (C=O) groups excluding carboxylic acids is 1. The predicted molar refractivity (Wildman–Crippen MR) is 102 cm³/mol. The van der Waals surface area contributed by atoms with E-state index in [9.17, 15) is 4.79 Å². The van der Waals surface area contributed by atoms with Crippen LogP contribution in [0.2, 0.25) is 0 Å². The highest BCUT2D eigenvalue weighted by atomic mass is 32.1. The molecule has 1 aliphatic rings. The first-order valence-corrected chi connectivity index (χ1v) is 9.72. The largest absolute Gasteiger partial charge is 0.477 e. The molecule has 2 heterocycles. The summed E-state index contributed by atoms with van der Waals surface area (Å²) in [5.41, 5.74) is 0.864. The van der Waals surface area contributed by atoms with Crippen LogP contribution in [-0.4, -0.2) is 40.1 Å². The van der Waals surface area contributed by atoms with Gasteiger partial charge in [0, 0.05) is 18.4 Å². The summed E-state index contributed by atoms with van der Waals surface area (Å²) >= 11 is 1.42. The van der Waals surface area contributed by atoms with Gasteiger partial charge in [0.1, 0.15) is 6.10 Å². The fourth-order valence-corrected chi connectivity index (χ4v) is 4.10. The molecule has 1 aliphatic carbocycles. The molecular formula is C19H20N4O3S. The molecule has 1 amide bonds. The van der Waals surface area contributed by atoms with Gasteiger partial charge in [-0.1, -0.05) is 12.1 Å². The van der Waals surface area contributed by atoms with Crippen LogP contribution in [0.15, 0.2) is 36.7 Å². The zero-order valence-electron chi connectivity index (χ0n) is 14.9. The molecule has 140 valence electrons. The fourth-order valence-electron chi connectivity index (χ4n) is 3.23. The van der Waals surface area contributed by atoms with E-state index in [2.05, 4.69) is 20.3 Å². The number of hydrogen-bond donors (Lipinski definition) is 1. The van der Waals surface area contributed by atoms with Gasteiger partial charge in [-0.25, -0.2) is 15.0 Å². The maximum atomic E-state index is 12.5. The quantitative estimate of drug-likeness (QED) is 0.727. The Morgan fingerprint density at radius 1 is 1.11 bits per heavy atom. The first kappa shape index (κ1) is 17.7. The Hall–Kier alpha value is -2.74. The van der Waals surface area contributed by atoms with Gasteiger partial charge >= 0.3 is 0 Å². The number of para-hydroxylation sites is 1. The first-order valence-electron chi connectivity index (χ1n) is 8.91. The van der Waals surface area contributed by atoms with Gasteiger partial charge in [-0.2, -0.15) is 0 Å². The minimum atomic E-state index is -0.101. The third-order valence-electron chi connectivity index (χ3n) is 4.60. The highest BCUT2D eigenvalue weighted by Gasteiger charge is 2.26. The van der Waals surface area contributed by atoms with Crippen LogP contribution in [0.5, 0.6) is 11.8 Å². The highest BCUT2D eigenvalue weighted by molar-refractivity contribution is 7.20. The van der Waals surface area contributed by atoms with Crippen molar-refractivity contribution < 1.29 is 14.3 Å². The molecule has 2 aromatic heterocycles. The molecule has 0 atom stereocenters. The SMILES string of the molecule is COc1nccnc1OC1CCC(NC(=O)c2nc3ccccc3s2)CC1. The van der Waals surface area contributed by atoms with Crippen molar-refractivity contribution in [2.45, 2.75) is 37.8 Å². The van der Waals surface area contributed by atoms with E-state index in [1.807, 2.05) is 24.3 Å². The van der Waals surface area contributed by atoms with Crippen molar-refractivity contribution in [1.82, 2.24) is 20.3 Å². The third kappa shape index (κ3) is 4.00. The Morgan fingerprint density at radius 3 is 2.59 bits per heavy atom. The summed E-state index contributed by atoms with van der Waals surface area (Å²) in [6, 6.07) is 7.92. The van der Waals surface area contributed by atoms with Gasteiger partial charge in [0.05, 0.1) is 17.3 Å². The topological polar surface area (TPSA) is 86.2 Å². The maximum Gasteiger partial charge on any atom is 0.280 e. The number of methoxy groups -OCH3 is 1. The van der Waals surface area contributed by atoms with E-state index in [4.69, 9.17) is 9.47 Å². The second kappa shape index (κ2) is 7.87. The van der Waals surface area contributed by atoms with E-state index < -0.39 is 0 Å². The number of fused-ring (bicyclic) bond motifs is 1. The molecule has 1 aromatic carbocycles. The van der Waals surface area contributed by atoms with Crippen molar-refractivity contribution in [3.63, 3.8) is 0 Å². The van der Waals surface area contributed by atoms with Crippen LogP contribution in [0.3, 0.4) is 0 Å². The lowest BCUT2D eigenvalue weighted by Crippen LogP contribution is -2.39. The Bertz CT molecular complexity index is 904. The fraction of sp³-hybridized carbons (Fsp3) is 0.368. The number of nitrogens with one attached hydrogen (secondary N) is 1. The predicted octanol–water partition coefficient (Wildman–Crippen LogP) is 3.21. The average molecular weight is 384 g/mol. The molecule has 0 bridgehead atoms. The second-order valence-electron chi connectivity index (χ2n) is 6.42. The van der Waals surface area contributed by atoms with Gasteiger partial charge in [-0.3, -0.25) is 4.79 Å². The van der Waals surface area contributed by atoms with Gasteiger partial charge in [0.15, 0.2) is 5.01 Å². The van der Waals surface area contributed by atoms with Crippen molar-refractivity contribution in [2.24, 2.45) is 0 Å². The van der Waals surface area contributed by atoms with Crippen molar-refractivity contribution >= 4 is 27.5 Å². The number of benzene rings is 1. The van der Waals surface area contributed by atoms with Gasteiger partial charge in [-0.15, -0.1) is 11.3 Å². The zero-order chi connectivity index (χ0) is 18.6. The van der Waals surface area contributed by atoms with E-state index in [1.165, 1.54) is 11.3 Å². The van der Waals surface area contributed by atoms with Crippen LogP contribution in [0.25, 0.3) is 10.2 Å². The summed E-state index contributed by atoms with van der Waals surface area (Å²) < 4.78 is 12.1. The summed E-state index contributed by atoms with van der Waals surface area (Å²) in [5.74, 6) is 0.710. The average Bonchev–Trinajstić information content (AvgIpc) is 3.14. The molecule has 3 aromatic rings. The smallest absolute Gasteiger partial charge is 0.280 e. The lowest BCUT2D eigenvalue weighted by atomic mass is 9.93.